The third-order valence-corrected chi connectivity index (χ3v) is 15.2. The SMILES string of the molecule is C=C(CCCC(CCCC)(C(=O)OC)C(=O)OC1CC(C)(C)N(O)C(C)(C)C1)/C(=C\C)CCCC(CCCC)(C(=O)OC1CC(C)(C)N(O)C(C)(C)C1)C(=O)OC1CC(C)(C)N(O)C(C)(C)C1.CC.NS. The van der Waals surface area contributed by atoms with Crippen LogP contribution in [0.3, 0.4) is 0 Å². The Morgan fingerprint density at radius 2 is 0.803 bits per heavy atom. The van der Waals surface area contributed by atoms with E-state index in [4.69, 9.17) is 18.9 Å². The molecule has 0 amide bonds. The number of methoxy groups -OCH3 is 1. The van der Waals surface area contributed by atoms with Crippen LogP contribution in [0, 0.1) is 10.8 Å². The number of unbranched alkanes of at least 4 members (excludes halogenated alkanes) is 2. The molecule has 1 atom stereocenters. The Morgan fingerprint density at radius 3 is 1.06 bits per heavy atom. The van der Waals surface area contributed by atoms with Crippen molar-refractivity contribution in [3.8, 4) is 0 Å². The lowest BCUT2D eigenvalue weighted by atomic mass is 9.75. The van der Waals surface area contributed by atoms with Gasteiger partial charge in [0.25, 0.3) is 0 Å². The summed E-state index contributed by atoms with van der Waals surface area (Å²) in [5, 5.41) is 41.1. The van der Waals surface area contributed by atoms with E-state index in [1.807, 2.05) is 124 Å². The van der Waals surface area contributed by atoms with Crippen molar-refractivity contribution in [2.45, 2.75) is 285 Å². The van der Waals surface area contributed by atoms with Crippen LogP contribution in [0.5, 0.6) is 0 Å². The van der Waals surface area contributed by atoms with Crippen molar-refractivity contribution in [1.29, 1.82) is 0 Å². The van der Waals surface area contributed by atoms with Crippen LogP contribution >= 0.6 is 12.8 Å². The molecular formula is C55H102N4O11S. The van der Waals surface area contributed by atoms with Gasteiger partial charge >= 0.3 is 23.9 Å². The summed E-state index contributed by atoms with van der Waals surface area (Å²) < 4.78 is 24.3. The number of rotatable bonds is 22. The summed E-state index contributed by atoms with van der Waals surface area (Å²) in [6.45, 7) is 37.3. The van der Waals surface area contributed by atoms with E-state index in [1.54, 1.807) is 0 Å². The molecule has 0 bridgehead atoms. The largest absolute Gasteiger partial charge is 0.468 e. The fraction of sp³-hybridized carbons (Fsp3) is 0.855. The molecule has 3 saturated heterocycles. The second kappa shape index (κ2) is 27.3. The number of allylic oxidation sites excluding steroid dienone is 3. The zero-order valence-electron chi connectivity index (χ0n) is 47.7. The van der Waals surface area contributed by atoms with E-state index in [2.05, 4.69) is 24.5 Å². The highest BCUT2D eigenvalue weighted by atomic mass is 32.1. The highest BCUT2D eigenvalue weighted by molar-refractivity contribution is 7.77. The van der Waals surface area contributed by atoms with Crippen molar-refractivity contribution in [3.63, 3.8) is 0 Å². The number of carbonyl (C=O) groups excluding carboxylic acids is 4. The van der Waals surface area contributed by atoms with E-state index < -0.39 is 86.3 Å². The quantitative estimate of drug-likeness (QED) is 0.0225. The second-order valence-corrected chi connectivity index (χ2v) is 24.1. The van der Waals surface area contributed by atoms with Crippen LogP contribution in [0.15, 0.2) is 23.8 Å². The van der Waals surface area contributed by atoms with Gasteiger partial charge in [-0.15, -0.1) is 12.8 Å². The first kappa shape index (κ1) is 66.4. The van der Waals surface area contributed by atoms with Crippen LogP contribution in [0.25, 0.3) is 0 Å². The number of nitrogens with zero attached hydrogens (tertiary/aromatic N) is 3. The van der Waals surface area contributed by atoms with Gasteiger partial charge in [-0.05, 0) is 147 Å². The van der Waals surface area contributed by atoms with E-state index in [9.17, 15) is 34.8 Å². The van der Waals surface area contributed by atoms with Crippen LogP contribution in [0.1, 0.15) is 233 Å². The fourth-order valence-corrected chi connectivity index (χ4v) is 11.8. The summed E-state index contributed by atoms with van der Waals surface area (Å²) in [6, 6.07) is 0. The van der Waals surface area contributed by atoms with Gasteiger partial charge in [0.1, 0.15) is 18.3 Å². The minimum Gasteiger partial charge on any atom is -0.468 e. The zero-order valence-corrected chi connectivity index (χ0v) is 48.6. The molecular weight excluding hydrogens is 925 g/mol. The van der Waals surface area contributed by atoms with Gasteiger partial charge in [0, 0.05) is 71.8 Å². The van der Waals surface area contributed by atoms with E-state index in [0.29, 0.717) is 77.0 Å². The smallest absolute Gasteiger partial charge is 0.323 e. The van der Waals surface area contributed by atoms with Crippen molar-refractivity contribution < 1.29 is 53.7 Å². The maximum absolute atomic E-state index is 14.9. The lowest BCUT2D eigenvalue weighted by molar-refractivity contribution is -0.263. The highest BCUT2D eigenvalue weighted by Gasteiger charge is 2.55. The van der Waals surface area contributed by atoms with Crippen LogP contribution in [-0.4, -0.2) is 113 Å². The minimum absolute atomic E-state index is 0.170. The standard InChI is InChI=1S/C53H93N3O11.C2H6.H3NS/c1-18-21-27-52(42(57)64-17,43(58)65-39-31-46(5,6)54(61)47(7,8)32-39)29-23-25-37(4)38(20-3)26-24-30-53(28-22-19-2,44(59)66-40-33-48(9,10)55(62)49(11,12)34-40)45(60)67-41-35-50(13,14)56(63)51(15,16)36-41;2*1-2/h20,39-41,61-63H,4,18-19,21-36H2,1-3,5-17H3;1-2H3;2H,1H2/b38-20-;;. The Kier molecular flexibility index (Phi) is 25.5. The third kappa shape index (κ3) is 16.7. The summed E-state index contributed by atoms with van der Waals surface area (Å²) in [5.74, 6) is -2.44. The number of nitrogens with two attached hydrogens (primary N) is 1. The summed E-state index contributed by atoms with van der Waals surface area (Å²) in [4.78, 5) is 57.8. The maximum atomic E-state index is 14.9. The van der Waals surface area contributed by atoms with Crippen molar-refractivity contribution in [2.24, 2.45) is 16.0 Å². The molecule has 0 spiro atoms. The number of esters is 4. The molecule has 414 valence electrons. The number of ether oxygens (including phenoxy) is 4. The summed E-state index contributed by atoms with van der Waals surface area (Å²) in [6.07, 6.45) is 8.19. The molecule has 0 aromatic rings. The van der Waals surface area contributed by atoms with E-state index >= 15 is 0 Å². The lowest BCUT2D eigenvalue weighted by Crippen LogP contribution is -2.61. The van der Waals surface area contributed by atoms with E-state index in [-0.39, 0.29) is 25.7 Å². The van der Waals surface area contributed by atoms with Gasteiger partial charge in [0.15, 0.2) is 10.8 Å². The third-order valence-electron chi connectivity index (χ3n) is 15.2. The van der Waals surface area contributed by atoms with Crippen molar-refractivity contribution in [3.05, 3.63) is 23.8 Å². The Morgan fingerprint density at radius 1 is 0.549 bits per heavy atom. The average molecular weight is 1030 g/mol. The molecule has 3 aliphatic rings. The predicted octanol–water partition coefficient (Wildman–Crippen LogP) is 12.0. The average Bonchev–Trinajstić information content (AvgIpc) is 3.27. The van der Waals surface area contributed by atoms with E-state index in [0.717, 1.165) is 24.0 Å². The number of thiol groups is 1. The first-order chi connectivity index (χ1) is 32.7. The maximum Gasteiger partial charge on any atom is 0.323 e. The Balaban J connectivity index is 0.00000613. The van der Waals surface area contributed by atoms with Gasteiger partial charge in [-0.2, -0.15) is 15.2 Å². The van der Waals surface area contributed by atoms with Gasteiger partial charge in [-0.3, -0.25) is 24.3 Å². The Hall–Kier alpha value is -2.57. The first-order valence-corrected chi connectivity index (χ1v) is 27.0. The van der Waals surface area contributed by atoms with Crippen molar-refractivity contribution in [2.75, 3.05) is 7.11 Å². The zero-order chi connectivity index (χ0) is 55.2. The molecule has 0 radical (unpaired) electrons. The van der Waals surface area contributed by atoms with Gasteiger partial charge in [0.2, 0.25) is 0 Å². The van der Waals surface area contributed by atoms with Gasteiger partial charge in [-0.25, -0.2) is 0 Å². The van der Waals surface area contributed by atoms with Crippen molar-refractivity contribution >= 4 is 36.7 Å². The molecule has 16 heteroatoms. The number of hydrogen-bond donors (Lipinski definition) is 5. The molecule has 0 saturated carbocycles. The van der Waals surface area contributed by atoms with Crippen LogP contribution in [-0.2, 0) is 38.1 Å². The van der Waals surface area contributed by atoms with Gasteiger partial charge in [-0.1, -0.05) is 71.6 Å². The molecule has 15 nitrogen and oxygen atoms in total. The number of piperidine rings is 3. The monoisotopic (exact) mass is 1030 g/mol. The molecule has 3 heterocycles. The van der Waals surface area contributed by atoms with Crippen LogP contribution in [0.2, 0.25) is 0 Å². The molecule has 0 aromatic carbocycles. The summed E-state index contributed by atoms with van der Waals surface area (Å²) >= 11 is 3.03. The first-order valence-electron chi connectivity index (χ1n) is 26.5. The topological polar surface area (TPSA) is 202 Å². The molecule has 1 unspecified atom stereocenters. The number of carbonyl (C=O) groups is 4. The molecule has 71 heavy (non-hydrogen) atoms. The second-order valence-electron chi connectivity index (χ2n) is 24.1. The Labute approximate surface area is 435 Å². The molecule has 3 fully saturated rings. The molecule has 3 aliphatic heterocycles. The fourth-order valence-electron chi connectivity index (χ4n) is 11.8. The van der Waals surface area contributed by atoms with E-state index in [1.165, 1.54) is 22.3 Å². The number of hydroxylamine groups is 6. The predicted molar refractivity (Wildman–Crippen MR) is 284 cm³/mol. The van der Waals surface area contributed by atoms with Gasteiger partial charge in [0.05, 0.1) is 7.11 Å². The normalized spacial score (nSPS) is 22.3. The molecule has 0 aromatic heterocycles. The van der Waals surface area contributed by atoms with Gasteiger partial charge < -0.3 is 34.6 Å². The molecule has 5 N–H and O–H groups in total. The molecule has 0 aliphatic carbocycles. The summed E-state index contributed by atoms with van der Waals surface area (Å²) in [5.41, 5.74) is -5.39. The van der Waals surface area contributed by atoms with Crippen LogP contribution in [0.4, 0.5) is 0 Å². The van der Waals surface area contributed by atoms with Crippen LogP contribution < -0.4 is 5.14 Å². The Bertz CT molecular complexity index is 1670. The van der Waals surface area contributed by atoms with Crippen molar-refractivity contribution in [1.82, 2.24) is 15.2 Å². The summed E-state index contributed by atoms with van der Waals surface area (Å²) in [7, 11) is 1.30. The molecule has 3 rings (SSSR count). The minimum atomic E-state index is -1.61. The number of hydrogen-bond acceptors (Lipinski definition) is 16. The highest BCUT2D eigenvalue weighted by Crippen LogP contribution is 2.45. The lowest BCUT2D eigenvalue weighted by Gasteiger charge is -2.51.